The van der Waals surface area contributed by atoms with Crippen LogP contribution in [-0.2, 0) is 40.9 Å². The topological polar surface area (TPSA) is 85.7 Å². The van der Waals surface area contributed by atoms with Gasteiger partial charge < -0.3 is 18.9 Å². The van der Waals surface area contributed by atoms with Crippen LogP contribution in [0.15, 0.2) is 53.6 Å². The van der Waals surface area contributed by atoms with Crippen molar-refractivity contribution in [3.05, 3.63) is 126 Å². The minimum atomic E-state index is -0.161. The second-order valence-electron chi connectivity index (χ2n) is 22.9. The Bertz CT molecular complexity index is 2170. The number of azide groups is 1. The van der Waals surface area contributed by atoms with Crippen molar-refractivity contribution < 1.29 is 18.9 Å². The van der Waals surface area contributed by atoms with Crippen molar-refractivity contribution in [3.63, 3.8) is 0 Å². The summed E-state index contributed by atoms with van der Waals surface area (Å²) in [5.41, 5.74) is 23.3. The molecule has 1 aliphatic carbocycles. The largest absolute Gasteiger partial charge is 0.493 e. The first-order chi connectivity index (χ1) is 31.0. The molecular formula is C59H85N3O4. The Balaban J connectivity index is 2.10. The summed E-state index contributed by atoms with van der Waals surface area (Å²) in [5.74, 6) is 3.67. The molecule has 66 heavy (non-hydrogen) atoms. The van der Waals surface area contributed by atoms with E-state index in [1.165, 1.54) is 44.5 Å². The molecule has 0 aromatic heterocycles. The highest BCUT2D eigenvalue weighted by Crippen LogP contribution is 2.49. The molecule has 0 amide bonds. The molecule has 0 spiro atoms. The van der Waals surface area contributed by atoms with Gasteiger partial charge in [0.15, 0.2) is 0 Å². The quantitative estimate of drug-likeness (QED) is 0.0485. The van der Waals surface area contributed by atoms with Gasteiger partial charge in [0.2, 0.25) is 0 Å². The van der Waals surface area contributed by atoms with Crippen molar-refractivity contribution in [2.45, 2.75) is 196 Å². The van der Waals surface area contributed by atoms with E-state index in [1.54, 1.807) is 0 Å². The standard InChI is InChI=1S/C59H85N3O4/c1-17-24-63-52-39-28-40-32-46(57(8,9)10)34-42(53(40)64-25-18-2)30-44-36-48(59(14,15)16)38-51(55(44)66-27-20-4)49(22-21-23-61-62-60)50-37-47(58(11,12)13)35-43(54(50)65-26-19-3)29-41(52)33-45(31-39)56(5,6)7/h31-38,49H,17-30H2,1-16H3. The molecule has 0 N–H and O–H groups in total. The third kappa shape index (κ3) is 12.9. The van der Waals surface area contributed by atoms with E-state index in [4.69, 9.17) is 18.9 Å². The van der Waals surface area contributed by atoms with E-state index in [2.05, 4.69) is 169 Å². The van der Waals surface area contributed by atoms with Gasteiger partial charge in [-0.15, -0.1) is 0 Å². The Morgan fingerprint density at radius 2 is 0.727 bits per heavy atom. The van der Waals surface area contributed by atoms with Crippen molar-refractivity contribution >= 4 is 0 Å². The van der Waals surface area contributed by atoms with Crippen LogP contribution in [0.1, 0.15) is 222 Å². The van der Waals surface area contributed by atoms with Crippen LogP contribution in [0.5, 0.6) is 23.0 Å². The third-order valence-corrected chi connectivity index (χ3v) is 12.8. The van der Waals surface area contributed by atoms with E-state index in [0.29, 0.717) is 58.7 Å². The summed E-state index contributed by atoms with van der Waals surface area (Å²) in [7, 11) is 0. The van der Waals surface area contributed by atoms with Crippen molar-refractivity contribution in [1.82, 2.24) is 0 Å². The zero-order valence-corrected chi connectivity index (χ0v) is 44.1. The number of benzene rings is 4. The lowest BCUT2D eigenvalue weighted by Gasteiger charge is -2.32. The lowest BCUT2D eigenvalue weighted by atomic mass is 9.76. The smallest absolute Gasteiger partial charge is 0.126 e. The molecule has 5 rings (SSSR count). The van der Waals surface area contributed by atoms with Gasteiger partial charge in [-0.1, -0.05) is 164 Å². The van der Waals surface area contributed by atoms with Crippen LogP contribution in [-0.4, -0.2) is 33.0 Å². The number of hydrogen-bond acceptors (Lipinski definition) is 5. The Hall–Kier alpha value is -4.61. The molecule has 8 bridgehead atoms. The highest BCUT2D eigenvalue weighted by atomic mass is 16.5. The van der Waals surface area contributed by atoms with Crippen LogP contribution in [0.25, 0.3) is 10.4 Å². The molecule has 1 aliphatic rings. The lowest BCUT2D eigenvalue weighted by molar-refractivity contribution is 0.301. The van der Waals surface area contributed by atoms with Gasteiger partial charge in [0.05, 0.1) is 26.4 Å². The van der Waals surface area contributed by atoms with Crippen LogP contribution in [0.4, 0.5) is 0 Å². The molecule has 0 fully saturated rings. The van der Waals surface area contributed by atoms with E-state index in [9.17, 15) is 5.53 Å². The van der Waals surface area contributed by atoms with Crippen molar-refractivity contribution in [1.29, 1.82) is 0 Å². The minimum Gasteiger partial charge on any atom is -0.493 e. The molecule has 0 atom stereocenters. The highest BCUT2D eigenvalue weighted by Gasteiger charge is 2.33. The van der Waals surface area contributed by atoms with Crippen LogP contribution < -0.4 is 18.9 Å². The van der Waals surface area contributed by atoms with Gasteiger partial charge in [-0.05, 0) is 121 Å². The predicted octanol–water partition coefficient (Wildman–Crippen LogP) is 16.3. The molecular weight excluding hydrogens is 815 g/mol. The maximum atomic E-state index is 9.47. The summed E-state index contributed by atoms with van der Waals surface area (Å²) in [5, 5.41) is 4.06. The van der Waals surface area contributed by atoms with Gasteiger partial charge in [0, 0.05) is 47.8 Å². The average molecular weight is 900 g/mol. The molecule has 0 aliphatic heterocycles. The molecule has 0 saturated heterocycles. The molecule has 0 radical (unpaired) electrons. The fourth-order valence-corrected chi connectivity index (χ4v) is 9.02. The second kappa shape index (κ2) is 22.0. The number of fused-ring (bicyclic) bond motifs is 8. The van der Waals surface area contributed by atoms with Gasteiger partial charge in [-0.25, -0.2) is 0 Å². The summed E-state index contributed by atoms with van der Waals surface area (Å²) in [4.78, 5) is 3.18. The van der Waals surface area contributed by atoms with E-state index in [-0.39, 0.29) is 27.6 Å². The Labute approximate surface area is 400 Å². The van der Waals surface area contributed by atoms with Gasteiger partial charge in [0.25, 0.3) is 0 Å². The Morgan fingerprint density at radius 1 is 0.455 bits per heavy atom. The fraction of sp³-hybridized carbons (Fsp3) is 0.593. The van der Waals surface area contributed by atoms with Crippen molar-refractivity contribution in [2.75, 3.05) is 33.0 Å². The van der Waals surface area contributed by atoms with Crippen molar-refractivity contribution in [3.8, 4) is 23.0 Å². The first kappa shape index (κ1) is 52.4. The second-order valence-corrected chi connectivity index (χ2v) is 22.9. The molecule has 0 heterocycles. The molecule has 7 heteroatoms. The molecule has 7 nitrogen and oxygen atoms in total. The van der Waals surface area contributed by atoms with E-state index >= 15 is 0 Å². The first-order valence-corrected chi connectivity index (χ1v) is 25.2. The fourth-order valence-electron chi connectivity index (χ4n) is 9.02. The summed E-state index contributed by atoms with van der Waals surface area (Å²) >= 11 is 0. The van der Waals surface area contributed by atoms with Crippen LogP contribution >= 0.6 is 0 Å². The third-order valence-electron chi connectivity index (χ3n) is 12.8. The summed E-state index contributed by atoms with van der Waals surface area (Å²) in [6.45, 7) is 39.3. The normalized spacial score (nSPS) is 13.6. The van der Waals surface area contributed by atoms with Crippen LogP contribution in [0.2, 0.25) is 0 Å². The summed E-state index contributed by atoms with van der Waals surface area (Å²) in [6, 6.07) is 19.3. The van der Waals surface area contributed by atoms with Crippen LogP contribution in [0, 0.1) is 0 Å². The maximum Gasteiger partial charge on any atom is 0.126 e. The van der Waals surface area contributed by atoms with Gasteiger partial charge in [-0.2, -0.15) is 0 Å². The molecule has 0 unspecified atom stereocenters. The minimum absolute atomic E-state index is 0.118. The molecule has 4 aromatic carbocycles. The molecule has 0 saturated carbocycles. The first-order valence-electron chi connectivity index (χ1n) is 25.2. The molecule has 4 aromatic rings. The zero-order chi connectivity index (χ0) is 48.6. The van der Waals surface area contributed by atoms with E-state index in [1.807, 2.05) is 0 Å². The monoisotopic (exact) mass is 900 g/mol. The lowest BCUT2D eigenvalue weighted by Crippen LogP contribution is -2.19. The number of ether oxygens (including phenoxy) is 4. The number of hydrogen-bond donors (Lipinski definition) is 0. The predicted molar refractivity (Wildman–Crippen MR) is 277 cm³/mol. The highest BCUT2D eigenvalue weighted by molar-refractivity contribution is 5.61. The summed E-state index contributed by atoms with van der Waals surface area (Å²) < 4.78 is 28.2. The van der Waals surface area contributed by atoms with Gasteiger partial charge >= 0.3 is 0 Å². The van der Waals surface area contributed by atoms with Gasteiger partial charge in [0.1, 0.15) is 23.0 Å². The molecule has 360 valence electrons. The number of rotatable bonds is 16. The van der Waals surface area contributed by atoms with E-state index in [0.717, 1.165) is 77.4 Å². The average Bonchev–Trinajstić information content (AvgIpc) is 3.22. The Morgan fingerprint density at radius 3 is 1.00 bits per heavy atom. The van der Waals surface area contributed by atoms with Crippen molar-refractivity contribution in [2.24, 2.45) is 5.11 Å². The zero-order valence-electron chi connectivity index (χ0n) is 44.1. The maximum absolute atomic E-state index is 9.47. The Kier molecular flexibility index (Phi) is 17.5. The SMILES string of the molecule is CCCOc1c2cc(C(C)(C)C)cc1Cc1cc(C(C)(C)C)cc(c1OCCC)C(CCCN=[N+]=[N-])c1cc(C(C)(C)C)cc(c1OCCC)Cc1cc(C(C)(C)C)cc(c1OCCC)C2. The summed E-state index contributed by atoms with van der Waals surface area (Å²) in [6.07, 6.45) is 6.94. The van der Waals surface area contributed by atoms with Gasteiger partial charge in [-0.3, -0.25) is 0 Å². The number of nitrogens with zero attached hydrogens (tertiary/aromatic N) is 3. The van der Waals surface area contributed by atoms with Crippen LogP contribution in [0.3, 0.4) is 0 Å². The van der Waals surface area contributed by atoms with E-state index < -0.39 is 0 Å².